The first-order chi connectivity index (χ1) is 9.17. The molecule has 5 heteroatoms. The van der Waals surface area contributed by atoms with Gasteiger partial charge in [-0.1, -0.05) is 18.2 Å². The largest absolute Gasteiger partial charge is 0.477 e. The molecule has 0 amide bonds. The normalized spacial score (nSPS) is 10.6. The number of aliphatic hydroxyl groups is 1. The lowest BCUT2D eigenvalue weighted by Crippen LogP contribution is -2.26. The molecule has 0 bridgehead atoms. The van der Waals surface area contributed by atoms with Gasteiger partial charge in [0.2, 0.25) is 0 Å². The number of aromatic nitrogens is 1. The lowest BCUT2D eigenvalue weighted by Gasteiger charge is -2.23. The van der Waals surface area contributed by atoms with Crippen molar-refractivity contribution in [3.63, 3.8) is 0 Å². The topological polar surface area (TPSA) is 73.7 Å². The summed E-state index contributed by atoms with van der Waals surface area (Å²) in [5.74, 6) is -1.05. The zero-order chi connectivity index (χ0) is 13.8. The van der Waals surface area contributed by atoms with Crippen molar-refractivity contribution in [2.75, 3.05) is 24.6 Å². The minimum Gasteiger partial charge on any atom is -0.477 e. The minimum atomic E-state index is -1.05. The molecule has 0 aliphatic rings. The van der Waals surface area contributed by atoms with Gasteiger partial charge in [0, 0.05) is 24.2 Å². The van der Waals surface area contributed by atoms with Gasteiger partial charge in [0.05, 0.1) is 12.1 Å². The number of aliphatic hydroxyl groups excluding tert-OH is 1. The van der Waals surface area contributed by atoms with Crippen molar-refractivity contribution in [3.8, 4) is 0 Å². The average molecular weight is 260 g/mol. The number of para-hydroxylation sites is 1. The van der Waals surface area contributed by atoms with E-state index < -0.39 is 5.97 Å². The fourth-order valence-corrected chi connectivity index (χ4v) is 2.10. The highest BCUT2D eigenvalue weighted by molar-refractivity contribution is 5.97. The molecule has 0 fully saturated rings. The number of pyridine rings is 1. The number of rotatable bonds is 5. The summed E-state index contributed by atoms with van der Waals surface area (Å²) in [6.07, 6.45) is 0. The molecule has 19 heavy (non-hydrogen) atoms. The third kappa shape index (κ3) is 2.66. The van der Waals surface area contributed by atoms with Gasteiger partial charge in [-0.3, -0.25) is 0 Å². The molecule has 0 aliphatic heterocycles. The van der Waals surface area contributed by atoms with E-state index in [0.29, 0.717) is 18.6 Å². The maximum Gasteiger partial charge on any atom is 0.354 e. The number of likely N-dealkylation sites (N-methyl/N-ethyl adjacent to an activating group) is 1. The van der Waals surface area contributed by atoms with Gasteiger partial charge in [-0.05, 0) is 19.1 Å². The standard InChI is InChI=1S/C14H16N2O3/c1-2-16(7-8-17)13-9-12(14(18)19)15-11-6-4-3-5-10(11)13/h3-6,9,17H,2,7-8H2,1H3,(H,18,19). The molecule has 0 aliphatic carbocycles. The zero-order valence-electron chi connectivity index (χ0n) is 10.7. The molecular weight excluding hydrogens is 244 g/mol. The fraction of sp³-hybridized carbons (Fsp3) is 0.286. The number of fused-ring (bicyclic) bond motifs is 1. The van der Waals surface area contributed by atoms with Crippen molar-refractivity contribution in [2.45, 2.75) is 6.92 Å². The molecule has 0 radical (unpaired) electrons. The maximum atomic E-state index is 11.1. The van der Waals surface area contributed by atoms with Gasteiger partial charge in [0.1, 0.15) is 0 Å². The highest BCUT2D eigenvalue weighted by Crippen LogP contribution is 2.26. The van der Waals surface area contributed by atoms with E-state index in [0.717, 1.165) is 11.1 Å². The molecule has 0 saturated heterocycles. The first-order valence-electron chi connectivity index (χ1n) is 6.16. The number of carboxylic acids is 1. The number of hydrogen-bond donors (Lipinski definition) is 2. The van der Waals surface area contributed by atoms with Gasteiger partial charge in [0.15, 0.2) is 5.69 Å². The molecular formula is C14H16N2O3. The van der Waals surface area contributed by atoms with E-state index in [1.54, 1.807) is 12.1 Å². The molecule has 0 unspecified atom stereocenters. The van der Waals surface area contributed by atoms with Gasteiger partial charge in [0.25, 0.3) is 0 Å². The Morgan fingerprint density at radius 2 is 2.11 bits per heavy atom. The second-order valence-electron chi connectivity index (χ2n) is 4.15. The van der Waals surface area contributed by atoms with E-state index in [9.17, 15) is 4.79 Å². The number of benzene rings is 1. The molecule has 2 aromatic rings. The van der Waals surface area contributed by atoms with Gasteiger partial charge in [-0.25, -0.2) is 9.78 Å². The third-order valence-electron chi connectivity index (χ3n) is 3.01. The molecule has 2 N–H and O–H groups in total. The second-order valence-corrected chi connectivity index (χ2v) is 4.15. The number of carbonyl (C=O) groups is 1. The summed E-state index contributed by atoms with van der Waals surface area (Å²) in [5.41, 5.74) is 1.46. The van der Waals surface area contributed by atoms with Crippen LogP contribution in [0.2, 0.25) is 0 Å². The summed E-state index contributed by atoms with van der Waals surface area (Å²) in [7, 11) is 0. The molecule has 100 valence electrons. The number of carboxylic acid groups (broad SMARTS) is 1. The molecule has 0 atom stereocenters. The first-order valence-corrected chi connectivity index (χ1v) is 6.16. The number of nitrogens with zero attached hydrogens (tertiary/aromatic N) is 2. The van der Waals surface area contributed by atoms with Crippen LogP contribution in [0.5, 0.6) is 0 Å². The Morgan fingerprint density at radius 3 is 2.74 bits per heavy atom. The van der Waals surface area contributed by atoms with Crippen molar-refractivity contribution in [1.82, 2.24) is 4.98 Å². The van der Waals surface area contributed by atoms with E-state index in [-0.39, 0.29) is 12.3 Å². The summed E-state index contributed by atoms with van der Waals surface area (Å²) in [6.45, 7) is 3.13. The average Bonchev–Trinajstić information content (AvgIpc) is 2.43. The van der Waals surface area contributed by atoms with Crippen LogP contribution in [0.25, 0.3) is 10.9 Å². The Balaban J connectivity index is 2.65. The van der Waals surface area contributed by atoms with E-state index in [4.69, 9.17) is 10.2 Å². The predicted octanol–water partition coefficient (Wildman–Crippen LogP) is 1.75. The Morgan fingerprint density at radius 1 is 1.37 bits per heavy atom. The maximum absolute atomic E-state index is 11.1. The number of aromatic carboxylic acids is 1. The highest BCUT2D eigenvalue weighted by atomic mass is 16.4. The Hall–Kier alpha value is -2.14. The van der Waals surface area contributed by atoms with Crippen molar-refractivity contribution >= 4 is 22.6 Å². The van der Waals surface area contributed by atoms with Crippen LogP contribution < -0.4 is 4.90 Å². The lowest BCUT2D eigenvalue weighted by molar-refractivity contribution is 0.0691. The minimum absolute atomic E-state index is 0.0186. The van der Waals surface area contributed by atoms with Crippen molar-refractivity contribution in [1.29, 1.82) is 0 Å². The highest BCUT2D eigenvalue weighted by Gasteiger charge is 2.14. The van der Waals surface area contributed by atoms with E-state index in [1.165, 1.54) is 0 Å². The van der Waals surface area contributed by atoms with Crippen LogP contribution in [0.3, 0.4) is 0 Å². The third-order valence-corrected chi connectivity index (χ3v) is 3.01. The molecule has 5 nitrogen and oxygen atoms in total. The number of anilines is 1. The van der Waals surface area contributed by atoms with Crippen LogP contribution in [0.1, 0.15) is 17.4 Å². The zero-order valence-corrected chi connectivity index (χ0v) is 10.7. The molecule has 1 aromatic heterocycles. The van der Waals surface area contributed by atoms with E-state index in [2.05, 4.69) is 4.98 Å². The predicted molar refractivity (Wildman–Crippen MR) is 73.7 cm³/mol. The lowest BCUT2D eigenvalue weighted by atomic mass is 10.1. The summed E-state index contributed by atoms with van der Waals surface area (Å²) in [5, 5.41) is 19.1. The Kier molecular flexibility index (Phi) is 3.97. The fourth-order valence-electron chi connectivity index (χ4n) is 2.10. The Labute approximate surface area is 111 Å². The summed E-state index contributed by atoms with van der Waals surface area (Å²) in [4.78, 5) is 17.2. The van der Waals surface area contributed by atoms with Crippen molar-refractivity contribution in [2.24, 2.45) is 0 Å². The second kappa shape index (κ2) is 5.67. The number of hydrogen-bond acceptors (Lipinski definition) is 4. The molecule has 1 heterocycles. The van der Waals surface area contributed by atoms with Gasteiger partial charge in [-0.15, -0.1) is 0 Å². The van der Waals surface area contributed by atoms with Crippen LogP contribution in [-0.4, -0.2) is 40.9 Å². The first kappa shape index (κ1) is 13.3. The quantitative estimate of drug-likeness (QED) is 0.856. The van der Waals surface area contributed by atoms with Crippen molar-refractivity contribution < 1.29 is 15.0 Å². The van der Waals surface area contributed by atoms with Crippen molar-refractivity contribution in [3.05, 3.63) is 36.0 Å². The van der Waals surface area contributed by atoms with Crippen LogP contribution in [0.4, 0.5) is 5.69 Å². The Bertz CT molecular complexity index is 598. The monoisotopic (exact) mass is 260 g/mol. The van der Waals surface area contributed by atoms with Crippen LogP contribution in [0, 0.1) is 0 Å². The molecule has 0 spiro atoms. The SMILES string of the molecule is CCN(CCO)c1cc(C(=O)O)nc2ccccc12. The van der Waals surface area contributed by atoms with E-state index >= 15 is 0 Å². The molecule has 2 rings (SSSR count). The summed E-state index contributed by atoms with van der Waals surface area (Å²) < 4.78 is 0. The molecule has 0 saturated carbocycles. The van der Waals surface area contributed by atoms with Crippen LogP contribution in [0.15, 0.2) is 30.3 Å². The summed E-state index contributed by atoms with van der Waals surface area (Å²) in [6, 6.07) is 8.97. The van der Waals surface area contributed by atoms with Crippen LogP contribution >= 0.6 is 0 Å². The van der Waals surface area contributed by atoms with Gasteiger partial charge < -0.3 is 15.1 Å². The van der Waals surface area contributed by atoms with E-state index in [1.807, 2.05) is 30.0 Å². The van der Waals surface area contributed by atoms with Gasteiger partial charge in [-0.2, -0.15) is 0 Å². The smallest absolute Gasteiger partial charge is 0.354 e. The van der Waals surface area contributed by atoms with Crippen LogP contribution in [-0.2, 0) is 0 Å². The molecule has 1 aromatic carbocycles. The van der Waals surface area contributed by atoms with Gasteiger partial charge >= 0.3 is 5.97 Å². The summed E-state index contributed by atoms with van der Waals surface area (Å²) >= 11 is 0.